The molecule has 0 radical (unpaired) electrons. The normalized spacial score (nSPS) is 17.3. The minimum Gasteiger partial charge on any atom is -0.475 e. The van der Waals surface area contributed by atoms with Crippen LogP contribution in [0.1, 0.15) is 28.3 Å². The number of aryl methyl sites for hydroxylation is 2. The molecule has 0 fully saturated rings. The number of benzene rings is 3. The topological polar surface area (TPSA) is 38.7 Å². The van der Waals surface area contributed by atoms with Crippen LogP contribution in [0.2, 0.25) is 0 Å². The van der Waals surface area contributed by atoms with Gasteiger partial charge in [-0.3, -0.25) is 0 Å². The summed E-state index contributed by atoms with van der Waals surface area (Å²) in [5.41, 5.74) is 4.17. The fourth-order valence-corrected chi connectivity index (χ4v) is 4.30. The minimum absolute atomic E-state index is 0.0256. The first-order valence-corrected chi connectivity index (χ1v) is 10.1. The summed E-state index contributed by atoms with van der Waals surface area (Å²) in [6.07, 6.45) is 0. The fraction of sp³-hybridized carbons (Fsp3) is 0.174. The molecule has 3 aromatic carbocycles. The molecule has 3 nitrogen and oxygen atoms in total. The van der Waals surface area contributed by atoms with Crippen LogP contribution in [-0.4, -0.2) is 16.7 Å². The maximum Gasteiger partial charge on any atom is 0.218 e. The molecule has 3 aromatic rings. The van der Waals surface area contributed by atoms with Crippen LogP contribution in [0.5, 0.6) is 0 Å². The van der Waals surface area contributed by atoms with E-state index < -0.39 is 10.8 Å². The average Bonchev–Trinajstić information content (AvgIpc) is 3.19. The van der Waals surface area contributed by atoms with Crippen molar-refractivity contribution in [3.05, 3.63) is 95.1 Å². The Labute approximate surface area is 162 Å². The molecule has 0 spiro atoms. The van der Waals surface area contributed by atoms with Gasteiger partial charge in [0.15, 0.2) is 0 Å². The summed E-state index contributed by atoms with van der Waals surface area (Å²) < 4.78 is 19.1. The molecule has 0 unspecified atom stereocenters. The van der Waals surface area contributed by atoms with E-state index in [9.17, 15) is 4.21 Å². The van der Waals surface area contributed by atoms with E-state index in [4.69, 9.17) is 9.73 Å². The molecule has 4 heteroatoms. The molecule has 0 aliphatic carbocycles. The van der Waals surface area contributed by atoms with Crippen molar-refractivity contribution in [3.8, 4) is 0 Å². The zero-order valence-corrected chi connectivity index (χ0v) is 16.2. The van der Waals surface area contributed by atoms with Crippen LogP contribution in [0.25, 0.3) is 0 Å². The number of nitrogens with zero attached hydrogens (tertiary/aromatic N) is 1. The lowest BCUT2D eigenvalue weighted by Gasteiger charge is -2.10. The van der Waals surface area contributed by atoms with Gasteiger partial charge in [0.25, 0.3) is 0 Å². The van der Waals surface area contributed by atoms with Crippen LogP contribution < -0.4 is 0 Å². The Hall–Kier alpha value is -2.72. The second-order valence-electron chi connectivity index (χ2n) is 6.75. The highest BCUT2D eigenvalue weighted by Crippen LogP contribution is 2.29. The molecular weight excluding hydrogens is 354 g/mol. The van der Waals surface area contributed by atoms with E-state index in [-0.39, 0.29) is 6.04 Å². The van der Waals surface area contributed by atoms with Gasteiger partial charge in [-0.05, 0) is 43.7 Å². The van der Waals surface area contributed by atoms with Crippen molar-refractivity contribution in [2.45, 2.75) is 29.7 Å². The first-order chi connectivity index (χ1) is 13.1. The molecule has 136 valence electrons. The first kappa shape index (κ1) is 17.7. The highest BCUT2D eigenvalue weighted by molar-refractivity contribution is 7.85. The summed E-state index contributed by atoms with van der Waals surface area (Å²) in [6, 6.07) is 23.8. The van der Waals surface area contributed by atoms with Crippen LogP contribution >= 0.6 is 0 Å². The lowest BCUT2D eigenvalue weighted by Crippen LogP contribution is -2.07. The van der Waals surface area contributed by atoms with E-state index in [1.165, 1.54) is 0 Å². The van der Waals surface area contributed by atoms with Crippen molar-refractivity contribution in [1.82, 2.24) is 0 Å². The van der Waals surface area contributed by atoms with Crippen LogP contribution in [0.3, 0.4) is 0 Å². The van der Waals surface area contributed by atoms with Gasteiger partial charge in [0.05, 0.1) is 21.3 Å². The third kappa shape index (κ3) is 3.71. The van der Waals surface area contributed by atoms with E-state index in [2.05, 4.69) is 12.1 Å². The van der Waals surface area contributed by atoms with Crippen LogP contribution in [0.15, 0.2) is 87.6 Å². The third-order valence-electron chi connectivity index (χ3n) is 4.64. The molecule has 1 heterocycles. The van der Waals surface area contributed by atoms with E-state index >= 15 is 0 Å². The summed E-state index contributed by atoms with van der Waals surface area (Å²) in [4.78, 5) is 6.30. The van der Waals surface area contributed by atoms with Crippen molar-refractivity contribution < 1.29 is 8.95 Å². The Bertz CT molecular complexity index is 1010. The van der Waals surface area contributed by atoms with Gasteiger partial charge in [0.2, 0.25) is 5.90 Å². The number of aliphatic imine (C=N–C) groups is 1. The van der Waals surface area contributed by atoms with E-state index in [1.807, 2.05) is 74.5 Å². The molecule has 0 amide bonds. The van der Waals surface area contributed by atoms with Gasteiger partial charge in [-0.25, -0.2) is 9.20 Å². The molecule has 0 saturated heterocycles. The predicted octanol–water partition coefficient (Wildman–Crippen LogP) is 4.99. The molecule has 0 bridgehead atoms. The largest absolute Gasteiger partial charge is 0.475 e. The number of hydrogen-bond acceptors (Lipinski definition) is 3. The molecule has 0 saturated carbocycles. The molecule has 1 aliphatic heterocycles. The van der Waals surface area contributed by atoms with Gasteiger partial charge in [-0.15, -0.1) is 0 Å². The lowest BCUT2D eigenvalue weighted by molar-refractivity contribution is 0.319. The van der Waals surface area contributed by atoms with Crippen LogP contribution in [0, 0.1) is 13.8 Å². The third-order valence-corrected chi connectivity index (χ3v) is 6.09. The first-order valence-electron chi connectivity index (χ1n) is 8.97. The Morgan fingerprint density at radius 1 is 0.926 bits per heavy atom. The Balaban J connectivity index is 1.72. The summed E-state index contributed by atoms with van der Waals surface area (Å²) >= 11 is 0. The molecule has 0 N–H and O–H groups in total. The SMILES string of the molecule is Cc1ccc([S@@](=O)c2ccc(C)cc2C2=N[C@@H](c3ccccc3)CO2)cc1. The summed E-state index contributed by atoms with van der Waals surface area (Å²) in [7, 11) is -1.29. The highest BCUT2D eigenvalue weighted by Gasteiger charge is 2.25. The second kappa shape index (κ2) is 7.49. The molecule has 1 aliphatic rings. The zero-order chi connectivity index (χ0) is 18.8. The van der Waals surface area contributed by atoms with Gasteiger partial charge in [0, 0.05) is 4.90 Å². The fourth-order valence-electron chi connectivity index (χ4n) is 3.13. The number of ether oxygens (including phenoxy) is 1. The van der Waals surface area contributed by atoms with Gasteiger partial charge < -0.3 is 4.74 Å². The quantitative estimate of drug-likeness (QED) is 0.644. The van der Waals surface area contributed by atoms with Gasteiger partial charge in [-0.2, -0.15) is 0 Å². The number of hydrogen-bond donors (Lipinski definition) is 0. The maximum atomic E-state index is 13.2. The van der Waals surface area contributed by atoms with Crippen molar-refractivity contribution in [2.75, 3.05) is 6.61 Å². The maximum absolute atomic E-state index is 13.2. The highest BCUT2D eigenvalue weighted by atomic mass is 32.2. The van der Waals surface area contributed by atoms with Crippen LogP contribution in [-0.2, 0) is 15.5 Å². The van der Waals surface area contributed by atoms with Gasteiger partial charge in [-0.1, -0.05) is 59.7 Å². The Morgan fingerprint density at radius 3 is 2.37 bits per heavy atom. The molecular formula is C23H21NO2S. The molecule has 2 atom stereocenters. The molecule has 0 aromatic heterocycles. The van der Waals surface area contributed by atoms with Gasteiger partial charge in [0.1, 0.15) is 12.6 Å². The molecule has 4 rings (SSSR count). The van der Waals surface area contributed by atoms with Crippen molar-refractivity contribution >= 4 is 16.7 Å². The summed E-state index contributed by atoms with van der Waals surface area (Å²) in [6.45, 7) is 4.55. The monoisotopic (exact) mass is 375 g/mol. The van der Waals surface area contributed by atoms with Crippen LogP contribution in [0.4, 0.5) is 0 Å². The Kier molecular flexibility index (Phi) is 4.90. The van der Waals surface area contributed by atoms with Crippen molar-refractivity contribution in [3.63, 3.8) is 0 Å². The lowest BCUT2D eigenvalue weighted by atomic mass is 10.1. The Morgan fingerprint density at radius 2 is 1.63 bits per heavy atom. The van der Waals surface area contributed by atoms with E-state index in [1.54, 1.807) is 0 Å². The summed E-state index contributed by atoms with van der Waals surface area (Å²) in [5, 5.41) is 0. The second-order valence-corrected chi connectivity index (χ2v) is 8.20. The predicted molar refractivity (Wildman–Crippen MR) is 109 cm³/mol. The van der Waals surface area contributed by atoms with E-state index in [0.717, 1.165) is 32.0 Å². The van der Waals surface area contributed by atoms with Gasteiger partial charge >= 0.3 is 0 Å². The smallest absolute Gasteiger partial charge is 0.218 e. The van der Waals surface area contributed by atoms with Crippen molar-refractivity contribution in [1.29, 1.82) is 0 Å². The minimum atomic E-state index is -1.29. The molecule has 27 heavy (non-hydrogen) atoms. The van der Waals surface area contributed by atoms with Crippen molar-refractivity contribution in [2.24, 2.45) is 4.99 Å². The average molecular weight is 375 g/mol. The number of rotatable bonds is 4. The zero-order valence-electron chi connectivity index (χ0n) is 15.4. The van der Waals surface area contributed by atoms with E-state index in [0.29, 0.717) is 12.5 Å². The summed E-state index contributed by atoms with van der Waals surface area (Å²) in [5.74, 6) is 0.572. The standard InChI is InChI=1S/C23H21NO2S/c1-16-8-11-19(12-9-16)27(25)22-13-10-17(2)14-20(22)23-24-21(15-26-23)18-6-4-3-5-7-18/h3-14,21H,15H2,1-2H3/t21-,27-/m1/s1.